The Morgan fingerprint density at radius 2 is 1.50 bits per heavy atom. The molecule has 0 saturated heterocycles. The van der Waals surface area contributed by atoms with Crippen LogP contribution in [0.3, 0.4) is 0 Å². The van der Waals surface area contributed by atoms with Gasteiger partial charge < -0.3 is 10.6 Å². The van der Waals surface area contributed by atoms with Gasteiger partial charge in [0.2, 0.25) is 0 Å². The molecular weight excluding hydrogens is 288 g/mol. The van der Waals surface area contributed by atoms with Crippen LogP contribution in [0.5, 0.6) is 0 Å². The first-order chi connectivity index (χ1) is 10.7. The van der Waals surface area contributed by atoms with E-state index in [2.05, 4.69) is 72.7 Å². The molecule has 0 aliphatic carbocycles. The van der Waals surface area contributed by atoms with Crippen molar-refractivity contribution in [3.63, 3.8) is 0 Å². The Kier molecular flexibility index (Phi) is 5.73. The third-order valence-electron chi connectivity index (χ3n) is 3.83. The highest BCUT2D eigenvalue weighted by Crippen LogP contribution is 2.31. The Morgan fingerprint density at radius 1 is 1.00 bits per heavy atom. The zero-order chi connectivity index (χ0) is 15.8. The minimum Gasteiger partial charge on any atom is -0.362 e. The van der Waals surface area contributed by atoms with Crippen molar-refractivity contribution in [2.75, 3.05) is 13.1 Å². The van der Waals surface area contributed by atoms with E-state index in [0.717, 1.165) is 6.54 Å². The maximum Gasteiger partial charge on any atom is 0.166 e. The van der Waals surface area contributed by atoms with Crippen LogP contribution in [0.1, 0.15) is 18.1 Å². The van der Waals surface area contributed by atoms with Crippen molar-refractivity contribution in [1.82, 2.24) is 10.6 Å². The summed E-state index contributed by atoms with van der Waals surface area (Å²) in [5.41, 5.74) is 2.38. The monoisotopic (exact) mass is 310 g/mol. The second-order valence-electron chi connectivity index (χ2n) is 5.42. The molecule has 2 aromatic carbocycles. The minimum atomic E-state index is -0.150. The van der Waals surface area contributed by atoms with Gasteiger partial charge in [-0.1, -0.05) is 66.7 Å². The molecule has 0 bridgehead atoms. The Morgan fingerprint density at radius 3 is 1.95 bits per heavy atom. The first-order valence-electron chi connectivity index (χ1n) is 7.40. The maximum atomic E-state index is 5.32. The molecule has 2 nitrogen and oxygen atoms in total. The summed E-state index contributed by atoms with van der Waals surface area (Å²) >= 11 is 5.32. The van der Waals surface area contributed by atoms with Crippen molar-refractivity contribution in [1.29, 1.82) is 0 Å². The van der Waals surface area contributed by atoms with E-state index < -0.39 is 0 Å². The third kappa shape index (κ3) is 3.95. The van der Waals surface area contributed by atoms with Crippen LogP contribution in [0.25, 0.3) is 0 Å². The molecule has 2 aromatic rings. The van der Waals surface area contributed by atoms with Gasteiger partial charge >= 0.3 is 0 Å². The Bertz CT molecular complexity index is 568. The van der Waals surface area contributed by atoms with Crippen molar-refractivity contribution >= 4 is 17.3 Å². The maximum absolute atomic E-state index is 5.32. The van der Waals surface area contributed by atoms with Crippen molar-refractivity contribution in [2.24, 2.45) is 0 Å². The van der Waals surface area contributed by atoms with Crippen LogP contribution in [0.15, 0.2) is 73.3 Å². The zero-order valence-electron chi connectivity index (χ0n) is 12.9. The molecule has 0 fully saturated rings. The van der Waals surface area contributed by atoms with Crippen LogP contribution in [-0.2, 0) is 5.41 Å². The first-order valence-corrected chi connectivity index (χ1v) is 7.81. The normalized spacial score (nSPS) is 10.8. The summed E-state index contributed by atoms with van der Waals surface area (Å²) in [6.45, 7) is 7.32. The van der Waals surface area contributed by atoms with E-state index in [-0.39, 0.29) is 5.41 Å². The summed E-state index contributed by atoms with van der Waals surface area (Å²) in [4.78, 5) is 0. The van der Waals surface area contributed by atoms with Crippen molar-refractivity contribution < 1.29 is 0 Å². The summed E-state index contributed by atoms with van der Waals surface area (Å²) < 4.78 is 0. The van der Waals surface area contributed by atoms with Gasteiger partial charge in [-0.25, -0.2) is 0 Å². The van der Waals surface area contributed by atoms with Gasteiger partial charge in [0.1, 0.15) is 0 Å². The van der Waals surface area contributed by atoms with Gasteiger partial charge in [0.15, 0.2) is 5.11 Å². The second-order valence-corrected chi connectivity index (χ2v) is 5.82. The van der Waals surface area contributed by atoms with Gasteiger partial charge in [-0.15, -0.1) is 6.58 Å². The van der Waals surface area contributed by atoms with E-state index in [4.69, 9.17) is 12.2 Å². The molecule has 0 aliphatic heterocycles. The lowest BCUT2D eigenvalue weighted by molar-refractivity contribution is 0.552. The number of benzene rings is 2. The predicted molar refractivity (Wildman–Crippen MR) is 98.1 cm³/mol. The van der Waals surface area contributed by atoms with Gasteiger partial charge in [-0.2, -0.15) is 0 Å². The van der Waals surface area contributed by atoms with Crippen molar-refractivity contribution in [3.05, 3.63) is 84.4 Å². The molecular formula is C19H22N2S. The molecule has 0 amide bonds. The third-order valence-corrected chi connectivity index (χ3v) is 4.12. The van der Waals surface area contributed by atoms with Crippen LogP contribution in [0, 0.1) is 0 Å². The fraction of sp³-hybridized carbons (Fsp3) is 0.211. The summed E-state index contributed by atoms with van der Waals surface area (Å²) in [7, 11) is 0. The highest BCUT2D eigenvalue weighted by atomic mass is 32.1. The fourth-order valence-corrected chi connectivity index (χ4v) is 2.62. The summed E-state index contributed by atoms with van der Waals surface area (Å²) in [6, 6.07) is 21.0. The molecule has 0 spiro atoms. The number of nitrogens with one attached hydrogen (secondary N) is 2. The summed E-state index contributed by atoms with van der Waals surface area (Å²) in [6.07, 6.45) is 1.79. The lowest BCUT2D eigenvalue weighted by Crippen LogP contribution is -2.43. The minimum absolute atomic E-state index is 0.150. The van der Waals surface area contributed by atoms with E-state index in [1.807, 2.05) is 12.1 Å². The number of thiocarbonyl (C=S) groups is 1. The number of hydrogen-bond acceptors (Lipinski definition) is 1. The molecule has 0 unspecified atom stereocenters. The van der Waals surface area contributed by atoms with Crippen LogP contribution in [0.4, 0.5) is 0 Å². The zero-order valence-corrected chi connectivity index (χ0v) is 13.7. The van der Waals surface area contributed by atoms with Crippen LogP contribution in [-0.4, -0.2) is 18.2 Å². The molecule has 114 valence electrons. The molecule has 0 atom stereocenters. The summed E-state index contributed by atoms with van der Waals surface area (Å²) in [5, 5.41) is 7.09. The van der Waals surface area contributed by atoms with Gasteiger partial charge in [-0.05, 0) is 30.3 Å². The average Bonchev–Trinajstić information content (AvgIpc) is 2.59. The predicted octanol–water partition coefficient (Wildman–Crippen LogP) is 3.64. The number of hydrogen-bond donors (Lipinski definition) is 2. The lowest BCUT2D eigenvalue weighted by Gasteiger charge is -2.32. The van der Waals surface area contributed by atoms with Gasteiger partial charge in [-0.3, -0.25) is 0 Å². The molecule has 0 heterocycles. The highest BCUT2D eigenvalue weighted by molar-refractivity contribution is 7.80. The first kappa shape index (κ1) is 16.2. The lowest BCUT2D eigenvalue weighted by atomic mass is 9.76. The molecule has 2 rings (SSSR count). The van der Waals surface area contributed by atoms with Gasteiger partial charge in [0, 0.05) is 18.5 Å². The molecule has 3 heteroatoms. The molecule has 0 aromatic heterocycles. The van der Waals surface area contributed by atoms with Crippen molar-refractivity contribution in [3.8, 4) is 0 Å². The second kappa shape index (κ2) is 7.76. The van der Waals surface area contributed by atoms with Crippen LogP contribution < -0.4 is 10.6 Å². The van der Waals surface area contributed by atoms with Gasteiger partial charge in [0.25, 0.3) is 0 Å². The summed E-state index contributed by atoms with van der Waals surface area (Å²) in [5.74, 6) is 0. The fourth-order valence-electron chi connectivity index (χ4n) is 2.47. The Balaban J connectivity index is 2.23. The highest BCUT2D eigenvalue weighted by Gasteiger charge is 2.28. The van der Waals surface area contributed by atoms with E-state index in [1.165, 1.54) is 11.1 Å². The SMILES string of the molecule is C=CCNC(=S)NCC(C)(c1ccccc1)c1ccccc1. The topological polar surface area (TPSA) is 24.1 Å². The molecule has 0 radical (unpaired) electrons. The van der Waals surface area contributed by atoms with Crippen LogP contribution in [0.2, 0.25) is 0 Å². The molecule has 2 N–H and O–H groups in total. The van der Waals surface area contributed by atoms with E-state index in [0.29, 0.717) is 11.7 Å². The van der Waals surface area contributed by atoms with E-state index in [9.17, 15) is 0 Å². The molecule has 0 aliphatic rings. The average molecular weight is 310 g/mol. The molecule has 22 heavy (non-hydrogen) atoms. The number of rotatable bonds is 6. The van der Waals surface area contributed by atoms with E-state index in [1.54, 1.807) is 6.08 Å². The van der Waals surface area contributed by atoms with Crippen LogP contribution >= 0.6 is 12.2 Å². The largest absolute Gasteiger partial charge is 0.362 e. The standard InChI is InChI=1S/C19H22N2S/c1-3-14-20-18(22)21-15-19(2,16-10-6-4-7-11-16)17-12-8-5-9-13-17/h3-13H,1,14-15H2,2H3,(H2,20,21,22). The van der Waals surface area contributed by atoms with Gasteiger partial charge in [0.05, 0.1) is 0 Å². The smallest absolute Gasteiger partial charge is 0.166 e. The quantitative estimate of drug-likeness (QED) is 0.629. The Hall–Kier alpha value is -2.13. The van der Waals surface area contributed by atoms with E-state index >= 15 is 0 Å². The Labute approximate surface area is 138 Å². The van der Waals surface area contributed by atoms with Crippen molar-refractivity contribution in [2.45, 2.75) is 12.3 Å². The molecule has 0 saturated carbocycles.